The Balaban J connectivity index is 1.99. The molecule has 21 heavy (non-hydrogen) atoms. The number of nitrogens with two attached hydrogens (primary N) is 1. The maximum atomic E-state index is 13.0. The van der Waals surface area contributed by atoms with E-state index in [1.54, 1.807) is 24.3 Å². The summed E-state index contributed by atoms with van der Waals surface area (Å²) in [6, 6.07) is 10.8. The monoisotopic (exact) mass is 370 g/mol. The van der Waals surface area contributed by atoms with Gasteiger partial charge in [0.15, 0.2) is 0 Å². The van der Waals surface area contributed by atoms with Gasteiger partial charge in [-0.15, -0.1) is 0 Å². The van der Waals surface area contributed by atoms with Crippen LogP contribution in [0.25, 0.3) is 0 Å². The van der Waals surface area contributed by atoms with Crippen molar-refractivity contribution in [3.05, 3.63) is 52.8 Å². The van der Waals surface area contributed by atoms with Crippen molar-refractivity contribution < 1.29 is 13.4 Å². The maximum Gasteiger partial charge on any atom is 0.237 e. The van der Waals surface area contributed by atoms with Crippen LogP contribution in [0.15, 0.2) is 51.8 Å². The number of nitrogen functional groups attached to an aromatic ring is 1. The first-order valence-electron chi connectivity index (χ1n) is 5.94. The van der Waals surface area contributed by atoms with Crippen molar-refractivity contribution in [2.75, 3.05) is 16.8 Å². The highest BCUT2D eigenvalue weighted by molar-refractivity contribution is 9.10. The standard InChI is InChI=1S/C14H12BrFN2O2S/c15-9-1-4-11(5-2-9)21(20)8-14(19)18-10-3-6-12(16)13(17)7-10/h1-7H,8,17H2,(H,18,19). The van der Waals surface area contributed by atoms with Gasteiger partial charge in [0.1, 0.15) is 11.6 Å². The fourth-order valence-electron chi connectivity index (χ4n) is 1.61. The average molecular weight is 371 g/mol. The summed E-state index contributed by atoms with van der Waals surface area (Å²) in [5.74, 6) is -1.16. The van der Waals surface area contributed by atoms with Crippen molar-refractivity contribution in [1.82, 2.24) is 0 Å². The summed E-state index contributed by atoms with van der Waals surface area (Å²) in [6.07, 6.45) is 0. The first-order chi connectivity index (χ1) is 9.95. The molecular weight excluding hydrogens is 359 g/mol. The molecule has 7 heteroatoms. The largest absolute Gasteiger partial charge is 0.396 e. The Hall–Kier alpha value is -1.73. The Morgan fingerprint density at radius 3 is 2.52 bits per heavy atom. The second-order valence-electron chi connectivity index (χ2n) is 4.23. The Morgan fingerprint density at radius 1 is 1.24 bits per heavy atom. The molecule has 110 valence electrons. The summed E-state index contributed by atoms with van der Waals surface area (Å²) in [7, 11) is -1.44. The number of hydrogen-bond acceptors (Lipinski definition) is 3. The van der Waals surface area contributed by atoms with Gasteiger partial charge in [0.25, 0.3) is 0 Å². The number of benzene rings is 2. The summed E-state index contributed by atoms with van der Waals surface area (Å²) in [5, 5.41) is 2.53. The van der Waals surface area contributed by atoms with E-state index >= 15 is 0 Å². The van der Waals surface area contributed by atoms with Crippen molar-refractivity contribution in [3.63, 3.8) is 0 Å². The maximum absolute atomic E-state index is 13.0. The molecule has 0 heterocycles. The van der Waals surface area contributed by atoms with Crippen LogP contribution >= 0.6 is 15.9 Å². The highest BCUT2D eigenvalue weighted by Crippen LogP contribution is 2.17. The lowest BCUT2D eigenvalue weighted by Gasteiger charge is -2.07. The zero-order chi connectivity index (χ0) is 15.4. The highest BCUT2D eigenvalue weighted by Gasteiger charge is 2.11. The molecule has 0 fully saturated rings. The van der Waals surface area contributed by atoms with Gasteiger partial charge in [-0.25, -0.2) is 4.39 Å². The Bertz CT molecular complexity index is 692. The van der Waals surface area contributed by atoms with E-state index < -0.39 is 22.5 Å². The number of anilines is 2. The van der Waals surface area contributed by atoms with Crippen molar-refractivity contribution in [1.29, 1.82) is 0 Å². The Morgan fingerprint density at radius 2 is 1.90 bits per heavy atom. The summed E-state index contributed by atoms with van der Waals surface area (Å²) < 4.78 is 25.9. The van der Waals surface area contributed by atoms with Crippen molar-refractivity contribution in [3.8, 4) is 0 Å². The minimum Gasteiger partial charge on any atom is -0.396 e. The van der Waals surface area contributed by atoms with Gasteiger partial charge in [-0.3, -0.25) is 9.00 Å². The van der Waals surface area contributed by atoms with E-state index in [1.165, 1.54) is 12.1 Å². The number of hydrogen-bond donors (Lipinski definition) is 2. The van der Waals surface area contributed by atoms with Crippen molar-refractivity contribution in [2.24, 2.45) is 0 Å². The lowest BCUT2D eigenvalue weighted by atomic mass is 10.2. The van der Waals surface area contributed by atoms with Gasteiger partial charge in [-0.1, -0.05) is 15.9 Å². The Kier molecular flexibility index (Phi) is 5.08. The van der Waals surface area contributed by atoms with Crippen LogP contribution in [-0.4, -0.2) is 15.9 Å². The molecule has 0 aliphatic rings. The zero-order valence-corrected chi connectivity index (χ0v) is 13.2. The molecule has 2 aromatic carbocycles. The van der Waals surface area contributed by atoms with Crippen LogP contribution in [0.2, 0.25) is 0 Å². The molecular formula is C14H12BrFN2O2S. The molecule has 0 spiro atoms. The van der Waals surface area contributed by atoms with E-state index in [9.17, 15) is 13.4 Å². The predicted molar refractivity (Wildman–Crippen MR) is 84.9 cm³/mol. The van der Waals surface area contributed by atoms with E-state index in [-0.39, 0.29) is 11.4 Å². The van der Waals surface area contributed by atoms with Crippen molar-refractivity contribution >= 4 is 44.0 Å². The Labute approximate surface area is 132 Å². The predicted octanol–water partition coefficient (Wildman–Crippen LogP) is 2.92. The summed E-state index contributed by atoms with van der Waals surface area (Å²) in [5.41, 5.74) is 5.73. The number of carbonyl (C=O) groups excluding carboxylic acids is 1. The fourth-order valence-corrected chi connectivity index (χ4v) is 2.79. The SMILES string of the molecule is Nc1cc(NC(=O)CS(=O)c2ccc(Br)cc2)ccc1F. The van der Waals surface area contributed by atoms with E-state index in [2.05, 4.69) is 21.2 Å². The number of rotatable bonds is 4. The van der Waals surface area contributed by atoms with Gasteiger partial charge in [0.05, 0.1) is 16.5 Å². The second kappa shape index (κ2) is 6.82. The molecule has 2 rings (SSSR count). The molecule has 0 aliphatic carbocycles. The quantitative estimate of drug-likeness (QED) is 0.812. The van der Waals surface area contributed by atoms with Crippen LogP contribution in [0, 0.1) is 5.82 Å². The van der Waals surface area contributed by atoms with Crippen LogP contribution in [-0.2, 0) is 15.6 Å². The van der Waals surface area contributed by atoms with E-state index in [4.69, 9.17) is 5.73 Å². The third-order valence-electron chi connectivity index (χ3n) is 2.62. The van der Waals surface area contributed by atoms with Gasteiger partial charge in [0.2, 0.25) is 5.91 Å². The van der Waals surface area contributed by atoms with Crippen molar-refractivity contribution in [2.45, 2.75) is 4.90 Å². The summed E-state index contributed by atoms with van der Waals surface area (Å²) >= 11 is 3.28. The number of nitrogens with one attached hydrogen (secondary N) is 1. The summed E-state index contributed by atoms with van der Waals surface area (Å²) in [6.45, 7) is 0. The van der Waals surface area contributed by atoms with Gasteiger partial charge in [-0.05, 0) is 42.5 Å². The summed E-state index contributed by atoms with van der Waals surface area (Å²) in [4.78, 5) is 12.4. The lowest BCUT2D eigenvalue weighted by Crippen LogP contribution is -2.19. The third kappa shape index (κ3) is 4.37. The molecule has 0 aromatic heterocycles. The van der Waals surface area contributed by atoms with Crippen LogP contribution < -0.4 is 11.1 Å². The first-order valence-corrected chi connectivity index (χ1v) is 8.06. The van der Waals surface area contributed by atoms with Gasteiger partial charge >= 0.3 is 0 Å². The van der Waals surface area contributed by atoms with Crippen LogP contribution in [0.5, 0.6) is 0 Å². The van der Waals surface area contributed by atoms with E-state index in [1.807, 2.05) is 0 Å². The third-order valence-corrected chi connectivity index (χ3v) is 4.47. The molecule has 0 saturated heterocycles. The topological polar surface area (TPSA) is 72.2 Å². The molecule has 2 aromatic rings. The van der Waals surface area contributed by atoms with Crippen LogP contribution in [0.4, 0.5) is 15.8 Å². The first kappa shape index (κ1) is 15.7. The fraction of sp³-hybridized carbons (Fsp3) is 0.0714. The van der Waals surface area contributed by atoms with Gasteiger partial charge in [-0.2, -0.15) is 0 Å². The van der Waals surface area contributed by atoms with Crippen LogP contribution in [0.1, 0.15) is 0 Å². The molecule has 1 atom stereocenters. The second-order valence-corrected chi connectivity index (χ2v) is 6.60. The molecule has 3 N–H and O–H groups in total. The van der Waals surface area contributed by atoms with Crippen LogP contribution in [0.3, 0.4) is 0 Å². The molecule has 0 bridgehead atoms. The minimum atomic E-state index is -1.44. The highest BCUT2D eigenvalue weighted by atomic mass is 79.9. The minimum absolute atomic E-state index is 0.0539. The number of carbonyl (C=O) groups is 1. The average Bonchev–Trinajstić information content (AvgIpc) is 2.43. The number of halogens is 2. The smallest absolute Gasteiger partial charge is 0.237 e. The molecule has 4 nitrogen and oxygen atoms in total. The molecule has 0 saturated carbocycles. The zero-order valence-electron chi connectivity index (χ0n) is 10.8. The van der Waals surface area contributed by atoms with Gasteiger partial charge in [0, 0.05) is 15.1 Å². The number of amides is 1. The lowest BCUT2D eigenvalue weighted by molar-refractivity contribution is -0.113. The van der Waals surface area contributed by atoms with E-state index in [0.29, 0.717) is 10.6 Å². The molecule has 1 unspecified atom stereocenters. The van der Waals surface area contributed by atoms with E-state index in [0.717, 1.165) is 10.5 Å². The normalized spacial score (nSPS) is 11.9. The molecule has 0 radical (unpaired) electrons. The van der Waals surface area contributed by atoms with Gasteiger partial charge < -0.3 is 11.1 Å². The molecule has 0 aliphatic heterocycles. The molecule has 1 amide bonds.